The molecule has 6 aromatic rings. The van der Waals surface area contributed by atoms with Gasteiger partial charge >= 0.3 is 5.97 Å². The van der Waals surface area contributed by atoms with Crippen molar-refractivity contribution in [2.75, 3.05) is 20.8 Å². The van der Waals surface area contributed by atoms with Gasteiger partial charge < -0.3 is 29.0 Å². The number of para-hydroxylation sites is 1. The molecule has 0 saturated heterocycles. The number of hydrogen-bond acceptors (Lipinski definition) is 10. The molecular formula is C49H41Cl2N3O9S. The molecule has 1 amide bonds. The van der Waals surface area contributed by atoms with Crippen molar-refractivity contribution in [2.24, 2.45) is 0 Å². The summed E-state index contributed by atoms with van der Waals surface area (Å²) in [4.78, 5) is 27.6. The van der Waals surface area contributed by atoms with Crippen LogP contribution in [0.2, 0.25) is 10.0 Å². The summed E-state index contributed by atoms with van der Waals surface area (Å²) >= 11 is 12.2. The first-order chi connectivity index (χ1) is 30.9. The Morgan fingerprint density at radius 3 is 2.22 bits per heavy atom. The minimum atomic E-state index is -4.39. The molecule has 3 atom stereocenters. The molecule has 2 aliphatic heterocycles. The van der Waals surface area contributed by atoms with Gasteiger partial charge in [0.15, 0.2) is 17.6 Å². The Hall–Kier alpha value is -6.56. The van der Waals surface area contributed by atoms with Crippen molar-refractivity contribution < 1.29 is 41.7 Å². The molecule has 2 aliphatic rings. The number of amides is 1. The second-order valence-electron chi connectivity index (χ2n) is 15.2. The van der Waals surface area contributed by atoms with Gasteiger partial charge in [0.05, 0.1) is 35.9 Å². The number of hydrogen-bond donors (Lipinski definition) is 1. The third-order valence-corrected chi connectivity index (χ3v) is 13.8. The first-order valence-corrected chi connectivity index (χ1v) is 22.4. The molecule has 0 bridgehead atoms. The fourth-order valence-corrected chi connectivity index (χ4v) is 9.75. The number of methoxy groups -OCH3 is 2. The minimum absolute atomic E-state index is 0.0352. The zero-order valence-corrected chi connectivity index (χ0v) is 37.0. The van der Waals surface area contributed by atoms with Gasteiger partial charge in [-0.3, -0.25) is 4.79 Å². The summed E-state index contributed by atoms with van der Waals surface area (Å²) < 4.78 is 59.6. The van der Waals surface area contributed by atoms with E-state index >= 15 is 0 Å². The van der Waals surface area contributed by atoms with Crippen LogP contribution >= 0.6 is 23.2 Å². The largest absolute Gasteiger partial charge is 0.495 e. The van der Waals surface area contributed by atoms with E-state index in [1.807, 2.05) is 66.7 Å². The third-order valence-electron chi connectivity index (χ3n) is 11.2. The maximum atomic E-state index is 14.6. The molecule has 326 valence electrons. The molecule has 1 unspecified atom stereocenters. The van der Waals surface area contributed by atoms with Crippen LogP contribution in [0.5, 0.6) is 23.0 Å². The van der Waals surface area contributed by atoms with Crippen molar-refractivity contribution in [3.8, 4) is 40.2 Å². The monoisotopic (exact) mass is 917 g/mol. The van der Waals surface area contributed by atoms with Crippen LogP contribution in [-0.4, -0.2) is 57.5 Å². The summed E-state index contributed by atoms with van der Waals surface area (Å²) in [5.74, 6) is 0.244. The van der Waals surface area contributed by atoms with E-state index in [1.54, 1.807) is 48.5 Å². The number of halogens is 2. The predicted molar refractivity (Wildman–Crippen MR) is 240 cm³/mol. The molecule has 0 saturated carbocycles. The highest BCUT2D eigenvalue weighted by Crippen LogP contribution is 2.42. The molecular weight excluding hydrogens is 878 g/mol. The van der Waals surface area contributed by atoms with Gasteiger partial charge in [-0.1, -0.05) is 89.9 Å². The lowest BCUT2D eigenvalue weighted by Crippen LogP contribution is -2.56. The van der Waals surface area contributed by atoms with Crippen LogP contribution in [0.1, 0.15) is 39.5 Å². The summed E-state index contributed by atoms with van der Waals surface area (Å²) in [6.45, 7) is 0.301. The van der Waals surface area contributed by atoms with Crippen LogP contribution in [0.15, 0.2) is 132 Å². The van der Waals surface area contributed by atoms with Gasteiger partial charge in [0, 0.05) is 13.0 Å². The number of rotatable bonds is 13. The Labute approximate surface area is 380 Å². The van der Waals surface area contributed by atoms with E-state index in [0.29, 0.717) is 50.6 Å². The minimum Gasteiger partial charge on any atom is -0.495 e. The van der Waals surface area contributed by atoms with Crippen molar-refractivity contribution in [2.45, 2.75) is 49.1 Å². The number of fused-ring (bicyclic) bond motifs is 2. The van der Waals surface area contributed by atoms with Crippen molar-refractivity contribution in [1.29, 1.82) is 5.26 Å². The Kier molecular flexibility index (Phi) is 13.1. The number of benzene rings is 6. The Balaban J connectivity index is 1.03. The zero-order valence-electron chi connectivity index (χ0n) is 34.6. The SMILES string of the molecule is COC(=O)C(Cc1ccc(-c2ccc(C#N)cc2)cc1)NC(=O)[C@@H]1Cc2cc3c(cc2CN1S(=O)(=O)c1ccccc1OC)O[C@@H](c1ccc(OCc2ccc(Cl)c(Cl)c2)cc1)CO3. The molecule has 0 spiro atoms. The molecule has 0 fully saturated rings. The van der Waals surface area contributed by atoms with E-state index in [9.17, 15) is 18.0 Å². The van der Waals surface area contributed by atoms with E-state index in [1.165, 1.54) is 26.4 Å². The van der Waals surface area contributed by atoms with Gasteiger partial charge in [-0.2, -0.15) is 9.57 Å². The van der Waals surface area contributed by atoms with Crippen LogP contribution in [0.25, 0.3) is 11.1 Å². The Morgan fingerprint density at radius 1 is 0.844 bits per heavy atom. The highest BCUT2D eigenvalue weighted by atomic mass is 35.5. The summed E-state index contributed by atoms with van der Waals surface area (Å²) in [5.41, 5.74) is 6.09. The van der Waals surface area contributed by atoms with Crippen molar-refractivity contribution in [3.63, 3.8) is 0 Å². The number of carbonyl (C=O) groups is 2. The number of esters is 1. The average molecular weight is 919 g/mol. The lowest BCUT2D eigenvalue weighted by molar-refractivity contribution is -0.145. The van der Waals surface area contributed by atoms with Crippen molar-refractivity contribution >= 4 is 45.1 Å². The van der Waals surface area contributed by atoms with Gasteiger partial charge in [0.1, 0.15) is 41.7 Å². The first-order valence-electron chi connectivity index (χ1n) is 20.2. The second kappa shape index (κ2) is 19.0. The molecule has 2 heterocycles. The highest BCUT2D eigenvalue weighted by Gasteiger charge is 2.43. The van der Waals surface area contributed by atoms with Crippen LogP contribution in [0.4, 0.5) is 0 Å². The summed E-state index contributed by atoms with van der Waals surface area (Å²) in [6, 6.07) is 36.8. The fraction of sp³-hybridized carbons (Fsp3) is 0.204. The topological polar surface area (TPSA) is 153 Å². The van der Waals surface area contributed by atoms with Crippen molar-refractivity contribution in [3.05, 3.63) is 171 Å². The van der Waals surface area contributed by atoms with Crippen LogP contribution < -0.4 is 24.3 Å². The number of nitrogens with one attached hydrogen (secondary N) is 1. The Morgan fingerprint density at radius 2 is 1.53 bits per heavy atom. The van der Waals surface area contributed by atoms with E-state index in [2.05, 4.69) is 11.4 Å². The quantitative estimate of drug-likeness (QED) is 0.111. The first kappa shape index (κ1) is 44.1. The van der Waals surface area contributed by atoms with Crippen molar-refractivity contribution in [1.82, 2.24) is 9.62 Å². The third kappa shape index (κ3) is 9.51. The van der Waals surface area contributed by atoms with E-state index < -0.39 is 40.1 Å². The van der Waals surface area contributed by atoms with Crippen LogP contribution in [0, 0.1) is 11.3 Å². The normalized spacial score (nSPS) is 16.1. The lowest BCUT2D eigenvalue weighted by atomic mass is 9.93. The van der Waals surface area contributed by atoms with Gasteiger partial charge in [0.25, 0.3) is 0 Å². The maximum Gasteiger partial charge on any atom is 0.328 e. The molecule has 8 rings (SSSR count). The number of carbonyl (C=O) groups excluding carboxylic acids is 2. The van der Waals surface area contributed by atoms with Gasteiger partial charge in [-0.25, -0.2) is 13.2 Å². The summed E-state index contributed by atoms with van der Waals surface area (Å²) in [5, 5.41) is 12.9. The second-order valence-corrected chi connectivity index (χ2v) is 17.9. The molecule has 6 aromatic carbocycles. The maximum absolute atomic E-state index is 14.6. The van der Waals surface area contributed by atoms with Gasteiger partial charge in [0.2, 0.25) is 15.9 Å². The van der Waals surface area contributed by atoms with E-state index in [4.69, 9.17) is 52.1 Å². The Bertz CT molecular complexity index is 2850. The zero-order chi connectivity index (χ0) is 45.0. The molecule has 1 N–H and O–H groups in total. The molecule has 0 radical (unpaired) electrons. The molecule has 0 aromatic heterocycles. The number of ether oxygens (including phenoxy) is 5. The smallest absolute Gasteiger partial charge is 0.328 e. The van der Waals surface area contributed by atoms with E-state index in [-0.39, 0.29) is 36.6 Å². The van der Waals surface area contributed by atoms with Crippen LogP contribution in [-0.2, 0) is 50.3 Å². The molecule has 15 heteroatoms. The predicted octanol–water partition coefficient (Wildman–Crippen LogP) is 8.65. The number of nitriles is 1. The van der Waals surface area contributed by atoms with Crippen LogP contribution in [0.3, 0.4) is 0 Å². The van der Waals surface area contributed by atoms with Gasteiger partial charge in [-0.05, 0) is 106 Å². The molecule has 12 nitrogen and oxygen atoms in total. The standard InChI is InChI=1S/C49H41Cl2N3O9S/c1-59-43-5-3-4-6-47(43)64(57,58)54-27-37-25-45-44(62-29-46(63-45)35-16-18-38(19-17-35)61-28-32-11-20-39(50)40(51)21-32)24-36(37)23-42(54)48(55)53-41(49(56)60-2)22-30-7-12-33(13-8-30)34-14-9-31(26-52)10-15-34/h3-21,24-25,41-42,46H,22-23,27-29H2,1-2H3,(H,53,55)/t41?,42-,46+/m0/s1. The van der Waals surface area contributed by atoms with Gasteiger partial charge in [-0.15, -0.1) is 0 Å². The molecule has 64 heavy (non-hydrogen) atoms. The highest BCUT2D eigenvalue weighted by molar-refractivity contribution is 7.89. The van der Waals surface area contributed by atoms with E-state index in [0.717, 1.165) is 32.1 Å². The number of sulfonamides is 1. The summed E-state index contributed by atoms with van der Waals surface area (Å²) in [6.07, 6.45) is -0.442. The number of nitrogens with zero attached hydrogens (tertiary/aromatic N) is 2. The average Bonchev–Trinajstić information content (AvgIpc) is 3.33. The fourth-order valence-electron chi connectivity index (χ4n) is 7.71. The molecule has 0 aliphatic carbocycles. The summed E-state index contributed by atoms with van der Waals surface area (Å²) in [7, 11) is -1.78. The lowest BCUT2D eigenvalue weighted by Gasteiger charge is -2.37.